The lowest BCUT2D eigenvalue weighted by Crippen LogP contribution is -2.50. The van der Waals surface area contributed by atoms with Gasteiger partial charge in [-0.15, -0.1) is 11.8 Å². The second-order valence-corrected chi connectivity index (χ2v) is 7.72. The van der Waals surface area contributed by atoms with Crippen LogP contribution in [0.3, 0.4) is 0 Å². The third kappa shape index (κ3) is 4.06. The Morgan fingerprint density at radius 1 is 1.38 bits per heavy atom. The third-order valence-electron chi connectivity index (χ3n) is 4.31. The van der Waals surface area contributed by atoms with Crippen LogP contribution in [-0.4, -0.2) is 34.7 Å². The highest BCUT2D eigenvalue weighted by Gasteiger charge is 2.56. The molecule has 1 aliphatic heterocycles. The average Bonchev–Trinajstić information content (AvgIpc) is 2.98. The van der Waals surface area contributed by atoms with Crippen molar-refractivity contribution >= 4 is 11.8 Å². The maximum atomic E-state index is 13.7. The van der Waals surface area contributed by atoms with Crippen molar-refractivity contribution in [2.75, 3.05) is 12.9 Å². The quantitative estimate of drug-likeness (QED) is 0.819. The zero-order valence-corrected chi connectivity index (χ0v) is 14.7. The maximum absolute atomic E-state index is 13.7. The van der Waals surface area contributed by atoms with Crippen molar-refractivity contribution in [3.63, 3.8) is 0 Å². The molecule has 0 saturated heterocycles. The molecule has 2 unspecified atom stereocenters. The number of pyridine rings is 1. The first-order valence-electron chi connectivity index (χ1n) is 7.66. The molecule has 1 aliphatic rings. The van der Waals surface area contributed by atoms with Crippen molar-refractivity contribution in [3.8, 4) is 5.88 Å². The van der Waals surface area contributed by atoms with Crippen LogP contribution in [0.1, 0.15) is 32.3 Å². The number of aliphatic hydroxyl groups is 1. The lowest BCUT2D eigenvalue weighted by atomic mass is 9.72. The monoisotopic (exact) mass is 361 g/mol. The predicted octanol–water partition coefficient (Wildman–Crippen LogP) is 4.32. The standard InChI is InChI=1S/C17H22F3NO2S/c1-15(2,13-5-4-7-21-14(13)23-3)11-16(22,17(18,19)20)9-12-6-8-24-10-12/h4-8,12,22H,9-11H2,1-3H3. The van der Waals surface area contributed by atoms with Gasteiger partial charge < -0.3 is 9.84 Å². The van der Waals surface area contributed by atoms with Gasteiger partial charge in [0.2, 0.25) is 5.88 Å². The Balaban J connectivity index is 2.32. The van der Waals surface area contributed by atoms with Crippen molar-refractivity contribution in [2.24, 2.45) is 5.92 Å². The van der Waals surface area contributed by atoms with E-state index in [9.17, 15) is 18.3 Å². The number of rotatable bonds is 6. The normalized spacial score (nSPS) is 20.9. The van der Waals surface area contributed by atoms with Crippen LogP contribution >= 0.6 is 11.8 Å². The molecule has 3 nitrogen and oxygen atoms in total. The predicted molar refractivity (Wildman–Crippen MR) is 89.1 cm³/mol. The van der Waals surface area contributed by atoms with Crippen molar-refractivity contribution in [1.82, 2.24) is 4.98 Å². The number of hydrogen-bond acceptors (Lipinski definition) is 4. The van der Waals surface area contributed by atoms with E-state index in [0.29, 0.717) is 11.3 Å². The highest BCUT2D eigenvalue weighted by Crippen LogP contribution is 2.46. The van der Waals surface area contributed by atoms with E-state index in [1.807, 2.05) is 0 Å². The minimum Gasteiger partial charge on any atom is -0.481 e. The number of hydrogen-bond donors (Lipinski definition) is 1. The first-order valence-corrected chi connectivity index (χ1v) is 8.71. The first-order chi connectivity index (χ1) is 11.1. The molecule has 2 rings (SSSR count). The summed E-state index contributed by atoms with van der Waals surface area (Å²) in [6.07, 6.45) is -2.25. The number of alkyl halides is 3. The highest BCUT2D eigenvalue weighted by molar-refractivity contribution is 8.02. The van der Waals surface area contributed by atoms with Crippen LogP contribution in [0, 0.1) is 5.92 Å². The molecule has 0 fully saturated rings. The molecule has 2 atom stereocenters. The van der Waals surface area contributed by atoms with Crippen LogP contribution in [0.25, 0.3) is 0 Å². The fraction of sp³-hybridized carbons (Fsp3) is 0.588. The van der Waals surface area contributed by atoms with Gasteiger partial charge in [-0.2, -0.15) is 13.2 Å². The molecule has 0 radical (unpaired) electrons. The molecule has 1 aromatic heterocycles. The number of ether oxygens (including phenoxy) is 1. The molecule has 0 bridgehead atoms. The van der Waals surface area contributed by atoms with Gasteiger partial charge in [0.05, 0.1) is 7.11 Å². The zero-order valence-electron chi connectivity index (χ0n) is 13.9. The summed E-state index contributed by atoms with van der Waals surface area (Å²) in [4.78, 5) is 4.06. The minimum atomic E-state index is -4.71. The molecule has 1 aromatic rings. The molecular formula is C17H22F3NO2S. The molecule has 1 N–H and O–H groups in total. The van der Waals surface area contributed by atoms with Crippen LogP contribution in [0.4, 0.5) is 13.2 Å². The molecule has 2 heterocycles. The molecule has 134 valence electrons. The summed E-state index contributed by atoms with van der Waals surface area (Å²) in [5.41, 5.74) is -3.18. The molecular weight excluding hydrogens is 339 g/mol. The molecule has 0 amide bonds. The second kappa shape index (κ2) is 6.96. The fourth-order valence-electron chi connectivity index (χ4n) is 3.15. The van der Waals surface area contributed by atoms with E-state index in [4.69, 9.17) is 4.74 Å². The van der Waals surface area contributed by atoms with Crippen LogP contribution in [0.15, 0.2) is 29.8 Å². The summed E-state index contributed by atoms with van der Waals surface area (Å²) in [7, 11) is 1.43. The van der Waals surface area contributed by atoms with Gasteiger partial charge in [-0.3, -0.25) is 0 Å². The van der Waals surface area contributed by atoms with Crippen LogP contribution in [0.5, 0.6) is 5.88 Å². The number of nitrogens with zero attached hydrogens (tertiary/aromatic N) is 1. The Bertz CT molecular complexity index is 604. The summed E-state index contributed by atoms with van der Waals surface area (Å²) in [5.74, 6) is 0.561. The Kier molecular flexibility index (Phi) is 5.54. The van der Waals surface area contributed by atoms with Gasteiger partial charge in [-0.25, -0.2) is 4.98 Å². The number of thioether (sulfide) groups is 1. The SMILES string of the molecule is COc1ncccc1C(C)(C)CC(O)(CC1C=CSC1)C(F)(F)F. The Morgan fingerprint density at radius 2 is 2.08 bits per heavy atom. The molecule has 0 saturated carbocycles. The van der Waals surface area contributed by atoms with Gasteiger partial charge in [0, 0.05) is 17.5 Å². The third-order valence-corrected chi connectivity index (χ3v) is 5.28. The van der Waals surface area contributed by atoms with Gasteiger partial charge in [-0.05, 0) is 35.6 Å². The first kappa shape index (κ1) is 19.1. The largest absolute Gasteiger partial charge is 0.481 e. The van der Waals surface area contributed by atoms with E-state index < -0.39 is 23.6 Å². The van der Waals surface area contributed by atoms with Gasteiger partial charge in [0.25, 0.3) is 0 Å². The van der Waals surface area contributed by atoms with E-state index >= 15 is 0 Å². The van der Waals surface area contributed by atoms with E-state index in [2.05, 4.69) is 4.98 Å². The number of aromatic nitrogens is 1. The average molecular weight is 361 g/mol. The number of halogens is 3. The molecule has 7 heteroatoms. The van der Waals surface area contributed by atoms with Crippen LogP contribution in [0.2, 0.25) is 0 Å². The Hall–Kier alpha value is -1.21. The van der Waals surface area contributed by atoms with Gasteiger partial charge in [0.15, 0.2) is 5.60 Å². The summed E-state index contributed by atoms with van der Waals surface area (Å²) in [6.45, 7) is 3.34. The van der Waals surface area contributed by atoms with Crippen molar-refractivity contribution in [1.29, 1.82) is 0 Å². The van der Waals surface area contributed by atoms with E-state index in [1.165, 1.54) is 25.1 Å². The molecule has 24 heavy (non-hydrogen) atoms. The smallest absolute Gasteiger partial charge is 0.417 e. The minimum absolute atomic E-state index is 0.281. The summed E-state index contributed by atoms with van der Waals surface area (Å²) < 4.78 is 46.2. The van der Waals surface area contributed by atoms with Crippen molar-refractivity contribution in [2.45, 2.75) is 43.9 Å². The zero-order chi connectivity index (χ0) is 18.0. The lowest BCUT2D eigenvalue weighted by molar-refractivity contribution is -0.271. The van der Waals surface area contributed by atoms with Gasteiger partial charge in [0.1, 0.15) is 0 Å². The summed E-state index contributed by atoms with van der Waals surface area (Å²) in [6, 6.07) is 3.34. The Morgan fingerprint density at radius 3 is 2.62 bits per heavy atom. The molecule has 0 spiro atoms. The maximum Gasteiger partial charge on any atom is 0.417 e. The van der Waals surface area contributed by atoms with E-state index in [-0.39, 0.29) is 18.2 Å². The highest BCUT2D eigenvalue weighted by atomic mass is 32.2. The van der Waals surface area contributed by atoms with E-state index in [1.54, 1.807) is 37.5 Å². The summed E-state index contributed by atoms with van der Waals surface area (Å²) in [5, 5.41) is 12.3. The van der Waals surface area contributed by atoms with Gasteiger partial charge in [-0.1, -0.05) is 26.0 Å². The van der Waals surface area contributed by atoms with Crippen molar-refractivity contribution in [3.05, 3.63) is 35.4 Å². The molecule has 0 aliphatic carbocycles. The lowest BCUT2D eigenvalue weighted by Gasteiger charge is -2.39. The van der Waals surface area contributed by atoms with Crippen molar-refractivity contribution < 1.29 is 23.0 Å². The van der Waals surface area contributed by atoms with Crippen LogP contribution in [-0.2, 0) is 5.41 Å². The molecule has 0 aromatic carbocycles. The second-order valence-electron chi connectivity index (χ2n) is 6.78. The fourth-order valence-corrected chi connectivity index (χ4v) is 4.07. The number of methoxy groups -OCH3 is 1. The summed E-state index contributed by atoms with van der Waals surface area (Å²) >= 11 is 1.46. The number of allylic oxidation sites excluding steroid dienone is 1. The topological polar surface area (TPSA) is 42.4 Å². The van der Waals surface area contributed by atoms with E-state index in [0.717, 1.165) is 0 Å². The van der Waals surface area contributed by atoms with Crippen LogP contribution < -0.4 is 4.74 Å². The van der Waals surface area contributed by atoms with Gasteiger partial charge >= 0.3 is 6.18 Å². The Labute approximate surface area is 144 Å².